The van der Waals surface area contributed by atoms with Gasteiger partial charge >= 0.3 is 0 Å². The van der Waals surface area contributed by atoms with Crippen LogP contribution in [0.5, 0.6) is 0 Å². The number of rotatable bonds is 5. The molecule has 3 heteroatoms. The average molecular weight is 223 g/mol. The van der Waals surface area contributed by atoms with E-state index in [0.29, 0.717) is 11.5 Å². The Morgan fingerprint density at radius 2 is 2.12 bits per heavy atom. The average Bonchev–Trinajstić information content (AvgIpc) is 3.03. The molecule has 2 aliphatic carbocycles. The third-order valence-corrected chi connectivity index (χ3v) is 4.23. The molecule has 0 saturated heterocycles. The molecule has 0 atom stereocenters. The van der Waals surface area contributed by atoms with Crippen molar-refractivity contribution in [3.8, 4) is 0 Å². The first kappa shape index (κ1) is 11.7. The van der Waals surface area contributed by atoms with Crippen LogP contribution < -0.4 is 5.73 Å². The van der Waals surface area contributed by atoms with Gasteiger partial charge in [-0.05, 0) is 37.5 Å². The Balaban J connectivity index is 1.85. The number of nitrogens with zero attached hydrogens (tertiary/aromatic N) is 2. The first-order valence-electron chi connectivity index (χ1n) is 6.70. The second-order valence-corrected chi connectivity index (χ2v) is 5.62. The Kier molecular flexibility index (Phi) is 3.41. The summed E-state index contributed by atoms with van der Waals surface area (Å²) in [6.07, 6.45) is 9.24. The molecule has 92 valence electrons. The van der Waals surface area contributed by atoms with Gasteiger partial charge in [-0.2, -0.15) is 0 Å². The van der Waals surface area contributed by atoms with E-state index in [4.69, 9.17) is 5.73 Å². The van der Waals surface area contributed by atoms with Gasteiger partial charge in [-0.25, -0.2) is 0 Å². The summed E-state index contributed by atoms with van der Waals surface area (Å²) >= 11 is 0. The van der Waals surface area contributed by atoms with E-state index in [1.165, 1.54) is 44.9 Å². The number of aliphatic imine (C=N–C) groups is 1. The molecule has 0 aromatic carbocycles. The van der Waals surface area contributed by atoms with E-state index in [1.54, 1.807) is 0 Å². The number of hydrogen-bond acceptors (Lipinski definition) is 1. The van der Waals surface area contributed by atoms with Crippen LogP contribution in [0.15, 0.2) is 4.99 Å². The molecule has 0 unspecified atom stereocenters. The molecule has 2 aliphatic rings. The smallest absolute Gasteiger partial charge is 0.191 e. The molecule has 0 radical (unpaired) electrons. The summed E-state index contributed by atoms with van der Waals surface area (Å²) in [5.41, 5.74) is 6.52. The van der Waals surface area contributed by atoms with Gasteiger partial charge in [-0.3, -0.25) is 4.99 Å². The van der Waals surface area contributed by atoms with E-state index in [2.05, 4.69) is 23.9 Å². The Bertz CT molecular complexity index is 264. The van der Waals surface area contributed by atoms with Crippen LogP contribution in [-0.2, 0) is 0 Å². The molecule has 0 heterocycles. The molecule has 0 amide bonds. The third kappa shape index (κ3) is 2.50. The largest absolute Gasteiger partial charge is 0.370 e. The number of guanidine groups is 1. The van der Waals surface area contributed by atoms with Gasteiger partial charge in [0.25, 0.3) is 0 Å². The lowest BCUT2D eigenvalue weighted by atomic mass is 9.66. The summed E-state index contributed by atoms with van der Waals surface area (Å²) in [5.74, 6) is 0.755. The van der Waals surface area contributed by atoms with Crippen molar-refractivity contribution in [3.05, 3.63) is 0 Å². The molecule has 2 rings (SSSR count). The van der Waals surface area contributed by atoms with Crippen molar-refractivity contribution >= 4 is 5.96 Å². The zero-order valence-electron chi connectivity index (χ0n) is 10.7. The van der Waals surface area contributed by atoms with Crippen LogP contribution in [0.4, 0.5) is 0 Å². The Hall–Kier alpha value is -0.730. The van der Waals surface area contributed by atoms with Gasteiger partial charge < -0.3 is 10.6 Å². The molecule has 0 aromatic rings. The van der Waals surface area contributed by atoms with Crippen LogP contribution >= 0.6 is 0 Å². The summed E-state index contributed by atoms with van der Waals surface area (Å²) in [6.45, 7) is 3.22. The van der Waals surface area contributed by atoms with Crippen molar-refractivity contribution in [3.63, 3.8) is 0 Å². The minimum absolute atomic E-state index is 0.504. The molecule has 2 saturated carbocycles. The molecule has 3 nitrogen and oxygen atoms in total. The van der Waals surface area contributed by atoms with Gasteiger partial charge in [0.1, 0.15) is 0 Å². The van der Waals surface area contributed by atoms with Crippen molar-refractivity contribution in [2.75, 3.05) is 13.6 Å². The second-order valence-electron chi connectivity index (χ2n) is 5.62. The van der Waals surface area contributed by atoms with Crippen LogP contribution in [0.25, 0.3) is 0 Å². The highest BCUT2D eigenvalue weighted by atomic mass is 15.3. The highest BCUT2D eigenvalue weighted by Crippen LogP contribution is 2.45. The van der Waals surface area contributed by atoms with Crippen LogP contribution in [0.2, 0.25) is 0 Å². The van der Waals surface area contributed by atoms with Gasteiger partial charge in [0.05, 0.1) is 0 Å². The first-order valence-corrected chi connectivity index (χ1v) is 6.70. The van der Waals surface area contributed by atoms with Crippen molar-refractivity contribution in [2.45, 2.75) is 57.9 Å². The number of nitrogens with two attached hydrogens (primary N) is 1. The van der Waals surface area contributed by atoms with Gasteiger partial charge in [-0.15, -0.1) is 0 Å². The van der Waals surface area contributed by atoms with E-state index in [1.807, 2.05) is 0 Å². The first-order chi connectivity index (χ1) is 7.67. The Morgan fingerprint density at radius 1 is 1.44 bits per heavy atom. The summed E-state index contributed by atoms with van der Waals surface area (Å²) in [5, 5.41) is 0. The summed E-state index contributed by atoms with van der Waals surface area (Å²) in [6, 6.07) is 0.673. The van der Waals surface area contributed by atoms with Crippen molar-refractivity contribution in [1.82, 2.24) is 4.90 Å². The molecule has 16 heavy (non-hydrogen) atoms. The molecule has 2 N–H and O–H groups in total. The maximum absolute atomic E-state index is 6.02. The molecular formula is C13H25N3. The molecule has 0 aliphatic heterocycles. The predicted molar refractivity (Wildman–Crippen MR) is 68.5 cm³/mol. The van der Waals surface area contributed by atoms with Crippen molar-refractivity contribution in [2.24, 2.45) is 16.1 Å². The third-order valence-electron chi connectivity index (χ3n) is 4.23. The van der Waals surface area contributed by atoms with E-state index in [9.17, 15) is 0 Å². The fourth-order valence-electron chi connectivity index (χ4n) is 2.70. The maximum Gasteiger partial charge on any atom is 0.191 e. The fraction of sp³-hybridized carbons (Fsp3) is 0.923. The highest BCUT2D eigenvalue weighted by molar-refractivity contribution is 5.78. The van der Waals surface area contributed by atoms with E-state index in [-0.39, 0.29) is 0 Å². The van der Waals surface area contributed by atoms with Crippen LogP contribution in [-0.4, -0.2) is 30.5 Å². The van der Waals surface area contributed by atoms with Crippen molar-refractivity contribution in [1.29, 1.82) is 0 Å². The Labute approximate surface area is 99.1 Å². The normalized spacial score (nSPS) is 24.0. The maximum atomic E-state index is 6.02. The lowest BCUT2D eigenvalue weighted by Gasteiger charge is -2.41. The molecule has 0 aromatic heterocycles. The number of hydrogen-bond donors (Lipinski definition) is 1. The zero-order valence-corrected chi connectivity index (χ0v) is 10.7. The van der Waals surface area contributed by atoms with Crippen LogP contribution in [0.1, 0.15) is 51.9 Å². The van der Waals surface area contributed by atoms with Crippen LogP contribution in [0.3, 0.4) is 0 Å². The monoisotopic (exact) mass is 223 g/mol. The standard InChI is InChI=1S/C13H25N3/c1-3-7-13(8-4-9-13)10-15-12(14)16(2)11-5-6-11/h11H,3-10H2,1-2H3,(H2,14,15). The minimum Gasteiger partial charge on any atom is -0.370 e. The lowest BCUT2D eigenvalue weighted by molar-refractivity contribution is 0.130. The molecule has 0 bridgehead atoms. The van der Waals surface area contributed by atoms with Gasteiger partial charge in [0, 0.05) is 19.6 Å². The van der Waals surface area contributed by atoms with Gasteiger partial charge in [0.15, 0.2) is 5.96 Å². The summed E-state index contributed by atoms with van der Waals surface area (Å²) in [4.78, 5) is 6.77. The SMILES string of the molecule is CCCC1(CN=C(N)N(C)C2CC2)CCC1. The quantitative estimate of drug-likeness (QED) is 0.574. The predicted octanol–water partition coefficient (Wildman–Crippen LogP) is 2.37. The van der Waals surface area contributed by atoms with Crippen LogP contribution in [0, 0.1) is 5.41 Å². The molecule has 0 spiro atoms. The van der Waals surface area contributed by atoms with E-state index < -0.39 is 0 Å². The summed E-state index contributed by atoms with van der Waals surface area (Å²) in [7, 11) is 2.07. The molecule has 2 fully saturated rings. The zero-order chi connectivity index (χ0) is 11.6. The topological polar surface area (TPSA) is 41.6 Å². The highest BCUT2D eigenvalue weighted by Gasteiger charge is 2.36. The van der Waals surface area contributed by atoms with Gasteiger partial charge in [-0.1, -0.05) is 19.8 Å². The molecular weight excluding hydrogens is 198 g/mol. The minimum atomic E-state index is 0.504. The van der Waals surface area contributed by atoms with Crippen molar-refractivity contribution < 1.29 is 0 Å². The Morgan fingerprint density at radius 3 is 2.56 bits per heavy atom. The van der Waals surface area contributed by atoms with Gasteiger partial charge in [0.2, 0.25) is 0 Å². The lowest BCUT2D eigenvalue weighted by Crippen LogP contribution is -2.38. The second kappa shape index (κ2) is 4.64. The fourth-order valence-corrected chi connectivity index (χ4v) is 2.70. The van der Waals surface area contributed by atoms with E-state index in [0.717, 1.165) is 12.5 Å². The summed E-state index contributed by atoms with van der Waals surface area (Å²) < 4.78 is 0. The van der Waals surface area contributed by atoms with E-state index >= 15 is 0 Å².